The molecule has 29 heavy (non-hydrogen) atoms. The van der Waals surface area contributed by atoms with E-state index < -0.39 is 11.7 Å². The first-order valence-electron chi connectivity index (χ1n) is 8.94. The van der Waals surface area contributed by atoms with Crippen molar-refractivity contribution in [1.82, 2.24) is 14.8 Å². The highest BCUT2D eigenvalue weighted by Crippen LogP contribution is 2.21. The van der Waals surface area contributed by atoms with Crippen LogP contribution in [0.25, 0.3) is 11.0 Å². The van der Waals surface area contributed by atoms with Crippen molar-refractivity contribution >= 4 is 28.4 Å². The number of ketones is 1. The van der Waals surface area contributed by atoms with Crippen molar-refractivity contribution in [2.24, 2.45) is 7.05 Å². The third-order valence-electron chi connectivity index (χ3n) is 4.64. The van der Waals surface area contributed by atoms with Gasteiger partial charge in [0.2, 0.25) is 0 Å². The molecule has 0 saturated heterocycles. The van der Waals surface area contributed by atoms with Crippen LogP contribution in [0.5, 0.6) is 0 Å². The lowest BCUT2D eigenvalue weighted by Gasteiger charge is -2.10. The van der Waals surface area contributed by atoms with Crippen molar-refractivity contribution in [2.75, 3.05) is 5.32 Å². The standard InChI is InChI=1S/C22H17FN4O2/c1-13-19-11-16(12-24-21(19)27(2)26-13)25-22(29)18-6-4-3-5-17(18)20(28)14-7-9-15(23)10-8-14/h3-12H,1-2H3,(H,25,29). The zero-order valence-corrected chi connectivity index (χ0v) is 15.8. The van der Waals surface area contributed by atoms with E-state index in [1.807, 2.05) is 6.92 Å². The summed E-state index contributed by atoms with van der Waals surface area (Å²) in [5.74, 6) is -1.22. The number of rotatable bonds is 4. The number of carbonyl (C=O) groups excluding carboxylic acids is 2. The van der Waals surface area contributed by atoms with Gasteiger partial charge in [-0.3, -0.25) is 14.3 Å². The minimum absolute atomic E-state index is 0.227. The zero-order valence-electron chi connectivity index (χ0n) is 15.8. The quantitative estimate of drug-likeness (QED) is 0.538. The number of aryl methyl sites for hydroxylation is 2. The second kappa shape index (κ2) is 7.27. The van der Waals surface area contributed by atoms with Crippen LogP contribution in [0.4, 0.5) is 10.1 Å². The molecule has 144 valence electrons. The lowest BCUT2D eigenvalue weighted by molar-refractivity contribution is 0.0996. The summed E-state index contributed by atoms with van der Waals surface area (Å²) in [6, 6.07) is 13.5. The van der Waals surface area contributed by atoms with Gasteiger partial charge in [0.25, 0.3) is 5.91 Å². The average Bonchev–Trinajstić information content (AvgIpc) is 3.01. The van der Waals surface area contributed by atoms with Crippen LogP contribution < -0.4 is 5.32 Å². The summed E-state index contributed by atoms with van der Waals surface area (Å²) < 4.78 is 14.8. The SMILES string of the molecule is Cc1nn(C)c2ncc(NC(=O)c3ccccc3C(=O)c3ccc(F)cc3)cc12. The van der Waals surface area contributed by atoms with Gasteiger partial charge in [-0.15, -0.1) is 0 Å². The van der Waals surface area contributed by atoms with Crippen LogP contribution >= 0.6 is 0 Å². The smallest absolute Gasteiger partial charge is 0.256 e. The fraction of sp³-hybridized carbons (Fsp3) is 0.0909. The van der Waals surface area contributed by atoms with Crippen molar-refractivity contribution in [1.29, 1.82) is 0 Å². The van der Waals surface area contributed by atoms with Gasteiger partial charge in [0, 0.05) is 23.6 Å². The van der Waals surface area contributed by atoms with Gasteiger partial charge >= 0.3 is 0 Å². The van der Waals surface area contributed by atoms with Gasteiger partial charge in [-0.2, -0.15) is 5.10 Å². The van der Waals surface area contributed by atoms with E-state index in [-0.39, 0.29) is 16.9 Å². The van der Waals surface area contributed by atoms with Crippen LogP contribution in [0, 0.1) is 12.7 Å². The Balaban J connectivity index is 1.65. The van der Waals surface area contributed by atoms with Crippen LogP contribution in [-0.2, 0) is 7.05 Å². The number of pyridine rings is 1. The third-order valence-corrected chi connectivity index (χ3v) is 4.64. The maximum Gasteiger partial charge on any atom is 0.256 e. The first-order valence-corrected chi connectivity index (χ1v) is 8.94. The summed E-state index contributed by atoms with van der Waals surface area (Å²) in [5.41, 5.74) is 2.79. The predicted molar refractivity (Wildman–Crippen MR) is 107 cm³/mol. The van der Waals surface area contributed by atoms with Crippen LogP contribution in [0.3, 0.4) is 0 Å². The summed E-state index contributed by atoms with van der Waals surface area (Å²) in [5, 5.41) is 7.94. The van der Waals surface area contributed by atoms with Gasteiger partial charge in [-0.1, -0.05) is 18.2 Å². The number of carbonyl (C=O) groups is 2. The zero-order chi connectivity index (χ0) is 20.5. The minimum Gasteiger partial charge on any atom is -0.321 e. The van der Waals surface area contributed by atoms with Crippen LogP contribution in [-0.4, -0.2) is 26.5 Å². The van der Waals surface area contributed by atoms with Gasteiger partial charge in [0.05, 0.1) is 23.1 Å². The Hall–Kier alpha value is -3.87. The molecule has 6 nitrogen and oxygen atoms in total. The Morgan fingerprint density at radius 2 is 1.72 bits per heavy atom. The number of amides is 1. The molecule has 7 heteroatoms. The van der Waals surface area contributed by atoms with Crippen LogP contribution in [0.1, 0.15) is 32.0 Å². The van der Waals surface area contributed by atoms with Crippen molar-refractivity contribution in [2.45, 2.75) is 6.92 Å². The first kappa shape index (κ1) is 18.5. The summed E-state index contributed by atoms with van der Waals surface area (Å²) in [7, 11) is 1.80. The lowest BCUT2D eigenvalue weighted by atomic mass is 9.98. The first-order chi connectivity index (χ1) is 13.9. The van der Waals surface area contributed by atoms with E-state index in [1.54, 1.807) is 48.3 Å². The summed E-state index contributed by atoms with van der Waals surface area (Å²) in [4.78, 5) is 30.1. The monoisotopic (exact) mass is 388 g/mol. The molecule has 2 aromatic carbocycles. The summed E-state index contributed by atoms with van der Waals surface area (Å²) in [6.45, 7) is 1.87. The molecule has 0 atom stereocenters. The molecule has 1 amide bonds. The second-order valence-electron chi connectivity index (χ2n) is 6.64. The minimum atomic E-state index is -0.432. The molecule has 1 N–H and O–H groups in total. The topological polar surface area (TPSA) is 76.9 Å². The highest BCUT2D eigenvalue weighted by Gasteiger charge is 2.19. The predicted octanol–water partition coefficient (Wildman–Crippen LogP) is 3.90. The number of nitrogens with one attached hydrogen (secondary N) is 1. The molecular weight excluding hydrogens is 371 g/mol. The number of benzene rings is 2. The molecular formula is C22H17FN4O2. The van der Waals surface area contributed by atoms with E-state index in [2.05, 4.69) is 15.4 Å². The highest BCUT2D eigenvalue weighted by atomic mass is 19.1. The van der Waals surface area contributed by atoms with Gasteiger partial charge in [-0.05, 0) is 43.3 Å². The van der Waals surface area contributed by atoms with Crippen LogP contribution in [0.15, 0.2) is 60.8 Å². The largest absolute Gasteiger partial charge is 0.321 e. The summed E-state index contributed by atoms with van der Waals surface area (Å²) >= 11 is 0. The molecule has 0 unspecified atom stereocenters. The average molecular weight is 388 g/mol. The van der Waals surface area contributed by atoms with E-state index in [4.69, 9.17) is 0 Å². The Morgan fingerprint density at radius 1 is 1.03 bits per heavy atom. The number of halogens is 1. The Labute approximate surface area is 166 Å². The lowest BCUT2D eigenvalue weighted by Crippen LogP contribution is -2.17. The molecule has 0 fully saturated rings. The van der Waals surface area contributed by atoms with E-state index in [0.29, 0.717) is 16.9 Å². The molecule has 0 spiro atoms. The van der Waals surface area contributed by atoms with E-state index in [9.17, 15) is 14.0 Å². The van der Waals surface area contributed by atoms with E-state index in [0.717, 1.165) is 11.1 Å². The number of fused-ring (bicyclic) bond motifs is 1. The number of hydrogen-bond acceptors (Lipinski definition) is 4. The van der Waals surface area contributed by atoms with Crippen LogP contribution in [0.2, 0.25) is 0 Å². The van der Waals surface area contributed by atoms with E-state index >= 15 is 0 Å². The van der Waals surface area contributed by atoms with E-state index in [1.165, 1.54) is 24.3 Å². The molecule has 0 aliphatic rings. The molecule has 2 heterocycles. The Kier molecular flexibility index (Phi) is 4.64. The van der Waals surface area contributed by atoms with Gasteiger partial charge < -0.3 is 5.32 Å². The van der Waals surface area contributed by atoms with Gasteiger partial charge in [0.1, 0.15) is 5.82 Å². The normalized spacial score (nSPS) is 10.9. The second-order valence-corrected chi connectivity index (χ2v) is 6.64. The van der Waals surface area contributed by atoms with Gasteiger partial charge in [0.15, 0.2) is 11.4 Å². The van der Waals surface area contributed by atoms with Crippen molar-refractivity contribution in [3.05, 3.63) is 89.0 Å². The molecule has 0 bridgehead atoms. The van der Waals surface area contributed by atoms with Crippen molar-refractivity contribution in [3.8, 4) is 0 Å². The molecule has 4 aromatic rings. The number of hydrogen-bond donors (Lipinski definition) is 1. The molecule has 0 saturated carbocycles. The third kappa shape index (κ3) is 3.50. The highest BCUT2D eigenvalue weighted by molar-refractivity contribution is 6.17. The molecule has 2 aromatic heterocycles. The van der Waals surface area contributed by atoms with Gasteiger partial charge in [-0.25, -0.2) is 9.37 Å². The fourth-order valence-electron chi connectivity index (χ4n) is 3.21. The Morgan fingerprint density at radius 3 is 2.45 bits per heavy atom. The summed E-state index contributed by atoms with van der Waals surface area (Å²) in [6.07, 6.45) is 1.55. The number of nitrogens with zero attached hydrogens (tertiary/aromatic N) is 3. The molecule has 0 aliphatic carbocycles. The molecule has 0 aliphatic heterocycles. The molecule has 0 radical (unpaired) electrons. The number of anilines is 1. The molecule has 4 rings (SSSR count). The van der Waals surface area contributed by atoms with Crippen molar-refractivity contribution in [3.63, 3.8) is 0 Å². The fourth-order valence-corrected chi connectivity index (χ4v) is 3.21. The maximum atomic E-state index is 13.2. The maximum absolute atomic E-state index is 13.2. The number of aromatic nitrogens is 3. The Bertz CT molecular complexity index is 1250. The van der Waals surface area contributed by atoms with Crippen molar-refractivity contribution < 1.29 is 14.0 Å².